The number of piperidine rings is 1. The molecule has 0 aromatic carbocycles. The van der Waals surface area contributed by atoms with Gasteiger partial charge in [-0.05, 0) is 31.4 Å². The monoisotopic (exact) mass is 555 g/mol. The van der Waals surface area contributed by atoms with E-state index in [1.807, 2.05) is 29.6 Å². The number of fused-ring (bicyclic) bond motifs is 2. The number of alkyl halides is 2. The summed E-state index contributed by atoms with van der Waals surface area (Å²) >= 11 is 3.74. The quantitative estimate of drug-likeness (QED) is 0.585. The lowest BCUT2D eigenvalue weighted by atomic mass is 9.92. The molecule has 1 unspecified atom stereocenters. The highest BCUT2D eigenvalue weighted by atomic mass is 32.2. The van der Waals surface area contributed by atoms with Crippen molar-refractivity contribution in [2.45, 2.75) is 47.6 Å². The van der Waals surface area contributed by atoms with Crippen molar-refractivity contribution in [3.8, 4) is 0 Å². The van der Waals surface area contributed by atoms with Crippen LogP contribution < -0.4 is 15.4 Å². The van der Waals surface area contributed by atoms with Crippen molar-refractivity contribution in [1.29, 1.82) is 0 Å². The summed E-state index contributed by atoms with van der Waals surface area (Å²) < 4.78 is 51.7. The van der Waals surface area contributed by atoms with Crippen LogP contribution in [0.3, 0.4) is 0 Å². The van der Waals surface area contributed by atoms with Crippen molar-refractivity contribution in [3.63, 3.8) is 0 Å². The van der Waals surface area contributed by atoms with Gasteiger partial charge < -0.3 is 10.2 Å². The van der Waals surface area contributed by atoms with Gasteiger partial charge in [0.25, 0.3) is 21.9 Å². The Morgan fingerprint density at radius 2 is 2.00 bits per heavy atom. The van der Waals surface area contributed by atoms with Crippen LogP contribution in [0, 0.1) is 5.92 Å². The van der Waals surface area contributed by atoms with E-state index in [1.165, 1.54) is 25.3 Å². The van der Waals surface area contributed by atoms with Gasteiger partial charge in [0, 0.05) is 66.1 Å². The third-order valence-electron chi connectivity index (χ3n) is 6.92. The first-order valence-electron chi connectivity index (χ1n) is 11.7. The molecule has 0 radical (unpaired) electrons. The Bertz CT molecular complexity index is 1300. The van der Waals surface area contributed by atoms with Gasteiger partial charge in [-0.3, -0.25) is 4.79 Å². The van der Waals surface area contributed by atoms with Crippen LogP contribution in [-0.4, -0.2) is 54.8 Å². The maximum atomic E-state index is 14.2. The first kappa shape index (κ1) is 25.7. The van der Waals surface area contributed by atoms with E-state index in [9.17, 15) is 22.0 Å². The van der Waals surface area contributed by atoms with E-state index in [2.05, 4.69) is 10.3 Å². The van der Waals surface area contributed by atoms with Crippen LogP contribution in [0.25, 0.3) is 0 Å². The van der Waals surface area contributed by atoms with E-state index in [-0.39, 0.29) is 39.9 Å². The lowest BCUT2D eigenvalue weighted by molar-refractivity contribution is -0.0652. The van der Waals surface area contributed by atoms with E-state index in [0.29, 0.717) is 5.82 Å². The Hall–Kier alpha value is -1.96. The van der Waals surface area contributed by atoms with Gasteiger partial charge in [0.15, 0.2) is 5.03 Å². The largest absolute Gasteiger partial charge is 0.355 e. The Morgan fingerprint density at radius 3 is 2.69 bits per heavy atom. The number of nitrogens with zero attached hydrogens (tertiary/aromatic N) is 3. The molecule has 2 aromatic heterocycles. The number of halogens is 2. The number of primary sulfonamides is 1. The number of aromatic nitrogens is 2. The molecule has 3 aliphatic rings. The number of sulfonamides is 1. The van der Waals surface area contributed by atoms with Crippen molar-refractivity contribution < 1.29 is 22.0 Å². The molecule has 1 atom stereocenters. The fourth-order valence-electron chi connectivity index (χ4n) is 4.97. The third-order valence-corrected chi connectivity index (χ3v) is 11.3. The number of pyridine rings is 2. The number of anilines is 2. The summed E-state index contributed by atoms with van der Waals surface area (Å²) in [5.74, 6) is -1.73. The lowest BCUT2D eigenvalue weighted by Crippen LogP contribution is -2.47. The van der Waals surface area contributed by atoms with Crippen molar-refractivity contribution in [3.05, 3.63) is 41.2 Å². The highest BCUT2D eigenvalue weighted by Crippen LogP contribution is 2.58. The van der Waals surface area contributed by atoms with E-state index in [0.717, 1.165) is 42.0 Å². The molecule has 5 rings (SSSR count). The molecule has 1 spiro atoms. The molecule has 2 aromatic rings. The van der Waals surface area contributed by atoms with Crippen molar-refractivity contribution in [1.82, 2.24) is 9.97 Å². The standard InChI is InChI=1S/C23H27F2N5O3S3/c1-14-13-30(8-6-22(14,24)25)20-16(21(31)28-15-4-7-27-19(11-15)36(26,32)33)12-17-18(29-20)3-2-5-23(17)34-9-10-35-23/h4,7,11-12,14H,2-3,5-6,8-10,13H2,1H3,(H2,26,32,33)(H,27,28,31). The number of carbonyl (C=O) groups is 1. The molecule has 2 saturated heterocycles. The zero-order valence-corrected chi connectivity index (χ0v) is 22.1. The number of hydrogen-bond acceptors (Lipinski definition) is 8. The highest BCUT2D eigenvalue weighted by Gasteiger charge is 2.45. The molecule has 194 valence electrons. The number of aryl methyl sites for hydroxylation is 1. The van der Waals surface area contributed by atoms with Gasteiger partial charge in [0.05, 0.1) is 9.64 Å². The Morgan fingerprint density at radius 1 is 1.25 bits per heavy atom. The molecule has 0 saturated carbocycles. The second-order valence-electron chi connectivity index (χ2n) is 9.40. The van der Waals surface area contributed by atoms with Crippen LogP contribution in [0.5, 0.6) is 0 Å². The van der Waals surface area contributed by atoms with Gasteiger partial charge in [-0.25, -0.2) is 32.3 Å². The van der Waals surface area contributed by atoms with Gasteiger partial charge >= 0.3 is 0 Å². The first-order valence-corrected chi connectivity index (χ1v) is 15.3. The smallest absolute Gasteiger partial charge is 0.259 e. The van der Waals surface area contributed by atoms with E-state index >= 15 is 0 Å². The minimum absolute atomic E-state index is 0.0819. The molecule has 0 bridgehead atoms. The zero-order valence-electron chi connectivity index (χ0n) is 19.7. The summed E-state index contributed by atoms with van der Waals surface area (Å²) in [6, 6.07) is 4.52. The third kappa shape index (κ3) is 4.82. The summed E-state index contributed by atoms with van der Waals surface area (Å²) in [6.45, 7) is 1.68. The first-order chi connectivity index (χ1) is 17.0. The second-order valence-corrected chi connectivity index (χ2v) is 14.0. The Kier molecular flexibility index (Phi) is 6.71. The van der Waals surface area contributed by atoms with Gasteiger partial charge in [-0.2, -0.15) is 0 Å². The number of carbonyl (C=O) groups excluding carboxylic acids is 1. The van der Waals surface area contributed by atoms with Crippen LogP contribution in [0.2, 0.25) is 0 Å². The normalized spacial score (nSPS) is 22.9. The molecule has 3 N–H and O–H groups in total. The van der Waals surface area contributed by atoms with Crippen LogP contribution in [0.4, 0.5) is 20.3 Å². The van der Waals surface area contributed by atoms with Gasteiger partial charge in [-0.15, -0.1) is 23.5 Å². The molecule has 2 aliphatic heterocycles. The topological polar surface area (TPSA) is 118 Å². The van der Waals surface area contributed by atoms with Crippen molar-refractivity contribution >= 4 is 51.0 Å². The molecule has 13 heteroatoms. The number of amides is 1. The van der Waals surface area contributed by atoms with Gasteiger partial charge in [0.1, 0.15) is 5.82 Å². The average Bonchev–Trinajstić information content (AvgIpc) is 3.29. The van der Waals surface area contributed by atoms with E-state index < -0.39 is 27.8 Å². The molecular formula is C23H27F2N5O3S3. The zero-order chi connectivity index (χ0) is 25.7. The molecule has 36 heavy (non-hydrogen) atoms. The predicted molar refractivity (Wildman–Crippen MR) is 138 cm³/mol. The highest BCUT2D eigenvalue weighted by molar-refractivity contribution is 8.20. The molecular weight excluding hydrogens is 528 g/mol. The fourth-order valence-corrected chi connectivity index (χ4v) is 8.87. The molecule has 2 fully saturated rings. The molecule has 1 amide bonds. The molecule has 1 aliphatic carbocycles. The number of thioether (sulfide) groups is 2. The summed E-state index contributed by atoms with van der Waals surface area (Å²) in [7, 11) is -4.06. The summed E-state index contributed by atoms with van der Waals surface area (Å²) in [4.78, 5) is 24.0. The Labute approximate surface area is 217 Å². The number of rotatable bonds is 4. The maximum absolute atomic E-state index is 14.2. The van der Waals surface area contributed by atoms with Crippen LogP contribution >= 0.6 is 23.5 Å². The van der Waals surface area contributed by atoms with Gasteiger partial charge in [-0.1, -0.05) is 6.92 Å². The minimum Gasteiger partial charge on any atom is -0.355 e. The summed E-state index contributed by atoms with van der Waals surface area (Å²) in [6.07, 6.45) is 3.66. The van der Waals surface area contributed by atoms with Crippen molar-refractivity contribution in [2.75, 3.05) is 34.8 Å². The van der Waals surface area contributed by atoms with Crippen LogP contribution in [0.1, 0.15) is 47.8 Å². The fraction of sp³-hybridized carbons (Fsp3) is 0.522. The van der Waals surface area contributed by atoms with E-state index in [4.69, 9.17) is 10.1 Å². The molecule has 4 heterocycles. The maximum Gasteiger partial charge on any atom is 0.259 e. The van der Waals surface area contributed by atoms with Crippen molar-refractivity contribution in [2.24, 2.45) is 11.1 Å². The van der Waals surface area contributed by atoms with Crippen LogP contribution in [0.15, 0.2) is 29.4 Å². The molecule has 8 nitrogen and oxygen atoms in total. The predicted octanol–water partition coefficient (Wildman–Crippen LogP) is 3.83. The summed E-state index contributed by atoms with van der Waals surface area (Å²) in [5, 5.41) is 7.55. The number of nitrogens with two attached hydrogens (primary N) is 1. The SMILES string of the molecule is CC1CN(c2nc3c(cc2C(=O)Nc2ccnc(S(N)(=O)=O)c2)C2(CCC3)SCCS2)CCC1(F)F. The lowest BCUT2D eigenvalue weighted by Gasteiger charge is -2.39. The van der Waals surface area contributed by atoms with Gasteiger partial charge in [0.2, 0.25) is 0 Å². The minimum atomic E-state index is -4.06. The summed E-state index contributed by atoms with van der Waals surface area (Å²) in [5.41, 5.74) is 2.43. The van der Waals surface area contributed by atoms with Crippen LogP contribution in [-0.2, 0) is 20.5 Å². The number of hydrogen-bond donors (Lipinski definition) is 2. The average molecular weight is 556 g/mol. The number of nitrogens with one attached hydrogen (secondary N) is 1. The van der Waals surface area contributed by atoms with E-state index in [1.54, 1.807) is 4.90 Å². The second kappa shape index (κ2) is 9.41. The Balaban J connectivity index is 1.56.